The Morgan fingerprint density at radius 3 is 2.17 bits per heavy atom. The minimum absolute atomic E-state index is 0.0313. The van der Waals surface area contributed by atoms with Crippen molar-refractivity contribution in [2.45, 2.75) is 89.8 Å². The van der Waals surface area contributed by atoms with Gasteiger partial charge in [-0.05, 0) is 102 Å². The van der Waals surface area contributed by atoms with Gasteiger partial charge < -0.3 is 38.6 Å². The summed E-state index contributed by atoms with van der Waals surface area (Å²) in [5, 5.41) is 14.4. The van der Waals surface area contributed by atoms with Crippen LogP contribution in [0.4, 0.5) is 4.79 Å². The molecular weight excluding hydrogens is 600 g/mol. The Balaban J connectivity index is 1.24. The summed E-state index contributed by atoms with van der Waals surface area (Å²) in [6.07, 6.45) is 16.4. The van der Waals surface area contributed by atoms with Crippen molar-refractivity contribution in [2.75, 3.05) is 86.6 Å². The van der Waals surface area contributed by atoms with E-state index in [9.17, 15) is 9.90 Å². The Morgan fingerprint density at radius 1 is 0.957 bits per heavy atom. The lowest BCUT2D eigenvalue weighted by molar-refractivity contribution is -0.0397. The maximum atomic E-state index is 11.3. The summed E-state index contributed by atoms with van der Waals surface area (Å²) in [7, 11) is 3.66. The Hall–Kier alpha value is -2.02. The van der Waals surface area contributed by atoms with Crippen LogP contribution >= 0.6 is 0 Å². The predicted molar refractivity (Wildman–Crippen MR) is 180 cm³/mol. The van der Waals surface area contributed by atoms with Gasteiger partial charge >= 0.3 is 6.09 Å². The number of rotatable bonds is 17. The van der Waals surface area contributed by atoms with E-state index in [4.69, 9.17) is 28.8 Å². The number of hydrogen-bond donors (Lipinski definition) is 1. The van der Waals surface area contributed by atoms with Crippen LogP contribution in [0.3, 0.4) is 0 Å². The van der Waals surface area contributed by atoms with Crippen LogP contribution in [-0.2, 0) is 30.2 Å². The predicted octanol–water partition coefficient (Wildman–Crippen LogP) is 5.84. The van der Waals surface area contributed by atoms with Gasteiger partial charge in [0.2, 0.25) is 0 Å². The summed E-state index contributed by atoms with van der Waals surface area (Å²) in [6.45, 7) is 9.10. The van der Waals surface area contributed by atoms with Crippen molar-refractivity contribution in [2.24, 2.45) is 17.3 Å². The Kier molecular flexibility index (Phi) is 14.4. The SMILES string of the molecule is CN(CCN(C)C(=O)O)Cc1cn(C2CCCCO2)nc1C1=CCC(COCCC2CCOCC2)(COCCC2CCOCC2)CC1. The third-order valence-electron chi connectivity index (χ3n) is 10.7. The zero-order valence-corrected chi connectivity index (χ0v) is 29.0. The first-order valence-corrected chi connectivity index (χ1v) is 18.2. The molecule has 1 aromatic rings. The fraction of sp³-hybridized carbons (Fsp3) is 0.833. The first kappa shape index (κ1) is 36.3. The van der Waals surface area contributed by atoms with Crippen LogP contribution in [0.25, 0.3) is 5.57 Å². The van der Waals surface area contributed by atoms with Crippen LogP contribution in [0.1, 0.15) is 94.5 Å². The fourth-order valence-corrected chi connectivity index (χ4v) is 7.29. The summed E-state index contributed by atoms with van der Waals surface area (Å²) >= 11 is 0. The number of aromatic nitrogens is 2. The molecule has 47 heavy (non-hydrogen) atoms. The summed E-state index contributed by atoms with van der Waals surface area (Å²) in [5.74, 6) is 1.41. The molecule has 11 heteroatoms. The molecule has 3 aliphatic heterocycles. The van der Waals surface area contributed by atoms with E-state index in [1.807, 2.05) is 11.7 Å². The molecule has 0 spiro atoms. The van der Waals surface area contributed by atoms with Gasteiger partial charge in [-0.25, -0.2) is 9.48 Å². The molecule has 1 aromatic heterocycles. The summed E-state index contributed by atoms with van der Waals surface area (Å²) in [5.41, 5.74) is 3.46. The van der Waals surface area contributed by atoms with Crippen molar-refractivity contribution in [3.8, 4) is 0 Å². The fourth-order valence-electron chi connectivity index (χ4n) is 7.29. The second-order valence-electron chi connectivity index (χ2n) is 14.5. The zero-order chi connectivity index (χ0) is 32.9. The van der Waals surface area contributed by atoms with Crippen LogP contribution in [-0.4, -0.2) is 117 Å². The molecule has 4 heterocycles. The quantitative estimate of drug-likeness (QED) is 0.206. The Labute approximate surface area is 281 Å². The number of hydrogen-bond acceptors (Lipinski definition) is 8. The van der Waals surface area contributed by atoms with Gasteiger partial charge in [-0.3, -0.25) is 0 Å². The van der Waals surface area contributed by atoms with Gasteiger partial charge in [0.1, 0.15) is 6.23 Å². The van der Waals surface area contributed by atoms with E-state index in [0.29, 0.717) is 44.7 Å². The third kappa shape index (κ3) is 11.3. The number of allylic oxidation sites excluding steroid dienone is 2. The molecular formula is C36H60N4O7. The number of amides is 1. The van der Waals surface area contributed by atoms with Crippen molar-refractivity contribution >= 4 is 11.7 Å². The smallest absolute Gasteiger partial charge is 0.407 e. The molecule has 1 N–H and O–H groups in total. The zero-order valence-electron chi connectivity index (χ0n) is 29.0. The highest BCUT2D eigenvalue weighted by Crippen LogP contribution is 2.41. The van der Waals surface area contributed by atoms with E-state index in [1.54, 1.807) is 7.05 Å². The molecule has 0 radical (unpaired) electrons. The summed E-state index contributed by atoms with van der Waals surface area (Å²) in [6, 6.07) is 0. The van der Waals surface area contributed by atoms with Crippen LogP contribution in [0.15, 0.2) is 12.3 Å². The minimum atomic E-state index is -0.905. The number of ether oxygens (including phenoxy) is 5. The monoisotopic (exact) mass is 660 g/mol. The van der Waals surface area contributed by atoms with E-state index in [2.05, 4.69) is 17.2 Å². The highest BCUT2D eigenvalue weighted by molar-refractivity contribution is 5.66. The molecule has 1 aliphatic carbocycles. The van der Waals surface area contributed by atoms with Crippen molar-refractivity contribution in [1.29, 1.82) is 0 Å². The minimum Gasteiger partial charge on any atom is -0.465 e. The maximum absolute atomic E-state index is 11.3. The average molecular weight is 661 g/mol. The van der Waals surface area contributed by atoms with Gasteiger partial charge in [-0.1, -0.05) is 6.08 Å². The van der Waals surface area contributed by atoms with Crippen molar-refractivity contribution in [1.82, 2.24) is 19.6 Å². The average Bonchev–Trinajstić information content (AvgIpc) is 3.52. The Morgan fingerprint density at radius 2 is 1.62 bits per heavy atom. The standard InChI is InChI=1S/C36H60N4O7/c1-38(16-17-39(2)35(41)42)25-32-26-40(33-5-3-4-18-47-33)37-34(32)31-6-14-36(15-7-31,27-45-23-12-29-8-19-43-20-9-29)28-46-24-13-30-10-21-44-22-11-30/h6,26,29-30,33H,3-5,7-25,27-28H2,1-2H3,(H,41,42). The van der Waals surface area contributed by atoms with Gasteiger partial charge in [0.25, 0.3) is 0 Å². The molecule has 3 saturated heterocycles. The number of nitrogens with zero attached hydrogens (tertiary/aromatic N) is 4. The molecule has 11 nitrogen and oxygen atoms in total. The highest BCUT2D eigenvalue weighted by atomic mass is 16.5. The largest absolute Gasteiger partial charge is 0.465 e. The Bertz CT molecular complexity index is 1080. The first-order valence-electron chi connectivity index (χ1n) is 18.2. The van der Waals surface area contributed by atoms with Crippen LogP contribution in [0, 0.1) is 17.3 Å². The van der Waals surface area contributed by atoms with Crippen molar-refractivity contribution in [3.63, 3.8) is 0 Å². The molecule has 0 aromatic carbocycles. The van der Waals surface area contributed by atoms with Gasteiger partial charge in [0, 0.05) is 90.1 Å². The van der Waals surface area contributed by atoms with E-state index in [0.717, 1.165) is 129 Å². The van der Waals surface area contributed by atoms with Crippen LogP contribution in [0.5, 0.6) is 0 Å². The normalized spacial score (nSPS) is 22.8. The molecule has 5 rings (SSSR count). The van der Waals surface area contributed by atoms with E-state index >= 15 is 0 Å². The lowest BCUT2D eigenvalue weighted by Gasteiger charge is -2.36. The van der Waals surface area contributed by atoms with Gasteiger partial charge in [0.15, 0.2) is 0 Å². The van der Waals surface area contributed by atoms with Gasteiger partial charge in [-0.15, -0.1) is 0 Å². The molecule has 1 atom stereocenters. The van der Waals surface area contributed by atoms with Crippen molar-refractivity contribution in [3.05, 3.63) is 23.5 Å². The van der Waals surface area contributed by atoms with Crippen LogP contribution in [0.2, 0.25) is 0 Å². The molecule has 4 aliphatic rings. The topological polar surface area (TPSA) is 108 Å². The first-order chi connectivity index (χ1) is 22.9. The lowest BCUT2D eigenvalue weighted by atomic mass is 9.75. The second kappa shape index (κ2) is 18.7. The molecule has 0 saturated carbocycles. The lowest BCUT2D eigenvalue weighted by Crippen LogP contribution is -2.35. The molecule has 3 fully saturated rings. The molecule has 0 bridgehead atoms. The van der Waals surface area contributed by atoms with E-state index < -0.39 is 6.09 Å². The second-order valence-corrected chi connectivity index (χ2v) is 14.5. The summed E-state index contributed by atoms with van der Waals surface area (Å²) < 4.78 is 32.1. The number of likely N-dealkylation sites (N-methyl/N-ethyl adjacent to an activating group) is 2. The van der Waals surface area contributed by atoms with Gasteiger partial charge in [0.05, 0.1) is 18.9 Å². The third-order valence-corrected chi connectivity index (χ3v) is 10.7. The molecule has 1 amide bonds. The number of carbonyl (C=O) groups is 1. The van der Waals surface area contributed by atoms with E-state index in [-0.39, 0.29) is 11.6 Å². The van der Waals surface area contributed by atoms with Gasteiger partial charge in [-0.2, -0.15) is 5.10 Å². The number of carboxylic acid groups (broad SMARTS) is 1. The van der Waals surface area contributed by atoms with Crippen LogP contribution < -0.4 is 0 Å². The molecule has 266 valence electrons. The molecule has 1 unspecified atom stereocenters. The maximum Gasteiger partial charge on any atom is 0.407 e. The van der Waals surface area contributed by atoms with Crippen molar-refractivity contribution < 1.29 is 33.6 Å². The highest BCUT2D eigenvalue weighted by Gasteiger charge is 2.35. The van der Waals surface area contributed by atoms with E-state index in [1.165, 1.54) is 16.0 Å². The summed E-state index contributed by atoms with van der Waals surface area (Å²) in [4.78, 5) is 14.8.